The maximum absolute atomic E-state index is 11.9. The molecule has 0 saturated heterocycles. The highest BCUT2D eigenvalue weighted by atomic mass is 35.5. The molecule has 3 aromatic heterocycles. The third-order valence-corrected chi connectivity index (χ3v) is 5.40. The van der Waals surface area contributed by atoms with Crippen molar-refractivity contribution >= 4 is 51.8 Å². The Hall–Kier alpha value is -1.15. The van der Waals surface area contributed by atoms with Crippen molar-refractivity contribution in [2.45, 2.75) is 5.16 Å². The number of ketones is 1. The van der Waals surface area contributed by atoms with Gasteiger partial charge in [0, 0.05) is 0 Å². The first-order chi connectivity index (χ1) is 9.72. The number of thioether (sulfide) groups is 1. The maximum Gasteiger partial charge on any atom is 0.209 e. The minimum absolute atomic E-state index is 0.0365. The Morgan fingerprint density at radius 2 is 2.30 bits per heavy atom. The molecule has 0 spiro atoms. The second-order valence-electron chi connectivity index (χ2n) is 3.76. The summed E-state index contributed by atoms with van der Waals surface area (Å²) >= 11 is 10.0. The molecule has 102 valence electrons. The van der Waals surface area contributed by atoms with Crippen LogP contribution in [0.1, 0.15) is 9.67 Å². The van der Waals surface area contributed by atoms with Crippen LogP contribution in [-0.4, -0.2) is 26.7 Å². The summed E-state index contributed by atoms with van der Waals surface area (Å²) in [6.07, 6.45) is 0. The molecular formula is C12H8ClN3OS3. The summed E-state index contributed by atoms with van der Waals surface area (Å²) in [4.78, 5) is 18.0. The molecule has 3 aromatic rings. The van der Waals surface area contributed by atoms with Crippen LogP contribution in [0.3, 0.4) is 0 Å². The monoisotopic (exact) mass is 341 g/mol. The number of nitrogens with one attached hydrogen (secondary N) is 1. The van der Waals surface area contributed by atoms with Crippen LogP contribution in [0.25, 0.3) is 10.7 Å². The molecule has 0 saturated carbocycles. The van der Waals surface area contributed by atoms with Crippen molar-refractivity contribution in [3.05, 3.63) is 38.9 Å². The van der Waals surface area contributed by atoms with E-state index in [1.165, 1.54) is 23.1 Å². The summed E-state index contributed by atoms with van der Waals surface area (Å²) in [5.41, 5.74) is 0. The number of carbonyl (C=O) groups is 1. The van der Waals surface area contributed by atoms with Gasteiger partial charge in [-0.15, -0.1) is 27.8 Å². The van der Waals surface area contributed by atoms with E-state index in [0.29, 0.717) is 20.1 Å². The molecule has 0 radical (unpaired) electrons. The molecule has 3 rings (SSSR count). The number of hydrogen-bond acceptors (Lipinski definition) is 6. The van der Waals surface area contributed by atoms with Gasteiger partial charge in [-0.3, -0.25) is 9.89 Å². The van der Waals surface area contributed by atoms with Crippen molar-refractivity contribution in [2.24, 2.45) is 0 Å². The predicted molar refractivity (Wildman–Crippen MR) is 84.1 cm³/mol. The second-order valence-corrected chi connectivity index (χ2v) is 7.36. The van der Waals surface area contributed by atoms with Gasteiger partial charge >= 0.3 is 0 Å². The Balaban J connectivity index is 1.63. The highest BCUT2D eigenvalue weighted by Gasteiger charge is 2.12. The number of hydrogen-bond donors (Lipinski definition) is 1. The molecule has 0 bridgehead atoms. The zero-order valence-electron chi connectivity index (χ0n) is 10.00. The number of rotatable bonds is 5. The van der Waals surface area contributed by atoms with Crippen LogP contribution >= 0.6 is 46.0 Å². The first-order valence-corrected chi connectivity index (χ1v) is 8.66. The lowest BCUT2D eigenvalue weighted by Crippen LogP contribution is -1.99. The lowest BCUT2D eigenvalue weighted by molar-refractivity contribution is 0.102. The van der Waals surface area contributed by atoms with E-state index in [4.69, 9.17) is 11.6 Å². The van der Waals surface area contributed by atoms with E-state index in [0.717, 1.165) is 10.7 Å². The fourth-order valence-electron chi connectivity index (χ4n) is 1.50. The standard InChI is InChI=1S/C12H8ClN3OS3/c13-10-4-3-8(20-10)7(17)6-19-12-14-11(15-16-12)9-2-1-5-18-9/h1-5H,6H2,(H,14,15,16). The first-order valence-electron chi connectivity index (χ1n) is 5.60. The van der Waals surface area contributed by atoms with E-state index < -0.39 is 0 Å². The number of H-pyrrole nitrogens is 1. The zero-order valence-corrected chi connectivity index (χ0v) is 13.2. The van der Waals surface area contributed by atoms with Gasteiger partial charge < -0.3 is 0 Å². The van der Waals surface area contributed by atoms with Gasteiger partial charge in [0.25, 0.3) is 0 Å². The van der Waals surface area contributed by atoms with Crippen LogP contribution in [0.15, 0.2) is 34.8 Å². The maximum atomic E-state index is 11.9. The smallest absolute Gasteiger partial charge is 0.209 e. The minimum Gasteiger partial charge on any atom is -0.292 e. The number of aromatic amines is 1. The van der Waals surface area contributed by atoms with Crippen LogP contribution in [-0.2, 0) is 0 Å². The molecule has 0 aliphatic rings. The van der Waals surface area contributed by atoms with Gasteiger partial charge in [0.05, 0.1) is 19.8 Å². The molecule has 8 heteroatoms. The summed E-state index contributed by atoms with van der Waals surface area (Å²) in [6.45, 7) is 0. The van der Waals surface area contributed by atoms with Crippen LogP contribution in [0.2, 0.25) is 4.34 Å². The Bertz CT molecular complexity index is 720. The largest absolute Gasteiger partial charge is 0.292 e. The van der Waals surface area contributed by atoms with Gasteiger partial charge in [-0.1, -0.05) is 29.4 Å². The van der Waals surface area contributed by atoms with Gasteiger partial charge in [0.1, 0.15) is 0 Å². The van der Waals surface area contributed by atoms with Crippen LogP contribution in [0, 0.1) is 0 Å². The fourth-order valence-corrected chi connectivity index (χ4v) is 3.92. The summed E-state index contributed by atoms with van der Waals surface area (Å²) in [5.74, 6) is 1.07. The molecule has 0 atom stereocenters. The highest BCUT2D eigenvalue weighted by molar-refractivity contribution is 7.99. The Kier molecular flexibility index (Phi) is 4.21. The molecule has 0 amide bonds. The second kappa shape index (κ2) is 6.09. The van der Waals surface area contributed by atoms with E-state index >= 15 is 0 Å². The van der Waals surface area contributed by atoms with Crippen molar-refractivity contribution in [3.8, 4) is 10.7 Å². The number of carbonyl (C=O) groups excluding carboxylic acids is 1. The van der Waals surface area contributed by atoms with Gasteiger partial charge in [0.15, 0.2) is 11.6 Å². The van der Waals surface area contributed by atoms with Gasteiger partial charge in [-0.05, 0) is 23.6 Å². The Labute approximate surface area is 132 Å². The lowest BCUT2D eigenvalue weighted by atomic mass is 10.4. The molecule has 4 nitrogen and oxygen atoms in total. The van der Waals surface area contributed by atoms with Crippen molar-refractivity contribution in [1.29, 1.82) is 0 Å². The van der Waals surface area contributed by atoms with Crippen molar-refractivity contribution < 1.29 is 4.79 Å². The average molecular weight is 342 g/mol. The number of aromatic nitrogens is 3. The molecule has 1 N–H and O–H groups in total. The molecule has 0 unspecified atom stereocenters. The third-order valence-electron chi connectivity index (χ3n) is 2.40. The average Bonchev–Trinajstić information content (AvgIpc) is 3.16. The fraction of sp³-hybridized carbons (Fsp3) is 0.0833. The minimum atomic E-state index is 0.0365. The molecular weight excluding hydrogens is 334 g/mol. The zero-order chi connectivity index (χ0) is 13.9. The SMILES string of the molecule is O=C(CSc1n[nH]c(-c2cccs2)n1)c1ccc(Cl)s1. The van der Waals surface area contributed by atoms with E-state index in [9.17, 15) is 4.79 Å². The van der Waals surface area contributed by atoms with Crippen LogP contribution < -0.4 is 0 Å². The lowest BCUT2D eigenvalue weighted by Gasteiger charge is -1.94. The molecule has 0 aliphatic carbocycles. The molecule has 3 heterocycles. The number of halogens is 1. The molecule has 0 aliphatic heterocycles. The van der Waals surface area contributed by atoms with E-state index in [-0.39, 0.29) is 5.78 Å². The molecule has 0 fully saturated rings. The quantitative estimate of drug-likeness (QED) is 0.557. The van der Waals surface area contributed by atoms with E-state index in [1.807, 2.05) is 17.5 Å². The molecule has 0 aromatic carbocycles. The number of nitrogens with zero attached hydrogens (tertiary/aromatic N) is 2. The third kappa shape index (κ3) is 3.12. The Morgan fingerprint density at radius 3 is 3.00 bits per heavy atom. The summed E-state index contributed by atoms with van der Waals surface area (Å²) in [7, 11) is 0. The number of thiophene rings is 2. The van der Waals surface area contributed by atoms with Gasteiger partial charge in [-0.2, -0.15) is 0 Å². The summed E-state index contributed by atoms with van der Waals surface area (Å²) in [5, 5.41) is 9.53. The van der Waals surface area contributed by atoms with Crippen LogP contribution in [0.5, 0.6) is 0 Å². The van der Waals surface area contributed by atoms with Crippen LogP contribution in [0.4, 0.5) is 0 Å². The van der Waals surface area contributed by atoms with Gasteiger partial charge in [0.2, 0.25) is 5.16 Å². The molecule has 20 heavy (non-hydrogen) atoms. The predicted octanol–water partition coefficient (Wildman–Crippen LogP) is 4.22. The normalized spacial score (nSPS) is 10.8. The highest BCUT2D eigenvalue weighted by Crippen LogP contribution is 2.25. The van der Waals surface area contributed by atoms with Crippen molar-refractivity contribution in [3.63, 3.8) is 0 Å². The summed E-state index contributed by atoms with van der Waals surface area (Å²) in [6, 6.07) is 7.40. The van der Waals surface area contributed by atoms with Crippen molar-refractivity contribution in [2.75, 3.05) is 5.75 Å². The van der Waals surface area contributed by atoms with E-state index in [1.54, 1.807) is 23.5 Å². The summed E-state index contributed by atoms with van der Waals surface area (Å²) < 4.78 is 0.622. The first kappa shape index (κ1) is 13.8. The van der Waals surface area contributed by atoms with Crippen molar-refractivity contribution in [1.82, 2.24) is 15.2 Å². The van der Waals surface area contributed by atoms with E-state index in [2.05, 4.69) is 15.2 Å². The topological polar surface area (TPSA) is 58.6 Å². The Morgan fingerprint density at radius 1 is 1.40 bits per heavy atom. The number of Topliss-reactive ketones (excluding diaryl/α,β-unsaturated/α-hetero) is 1. The van der Waals surface area contributed by atoms with Gasteiger partial charge in [-0.25, -0.2) is 4.98 Å².